The van der Waals surface area contributed by atoms with Gasteiger partial charge in [-0.15, -0.1) is 0 Å². The number of amides is 1. The van der Waals surface area contributed by atoms with Gasteiger partial charge in [-0.1, -0.05) is 32.0 Å². The zero-order chi connectivity index (χ0) is 20.8. The number of carbonyl (C=O) groups excluding carboxylic acids is 1. The Labute approximate surface area is 172 Å². The molecule has 0 spiro atoms. The number of benzene rings is 1. The minimum absolute atomic E-state index is 0.148. The summed E-state index contributed by atoms with van der Waals surface area (Å²) in [6.07, 6.45) is 0. The van der Waals surface area contributed by atoms with Crippen molar-refractivity contribution < 1.29 is 17.7 Å². The number of fused-ring (bicyclic) bond motifs is 1. The third-order valence-corrected chi connectivity index (χ3v) is 7.33. The van der Waals surface area contributed by atoms with Crippen LogP contribution in [0.25, 0.3) is 11.0 Å². The Hall–Kier alpha value is -2.37. The minimum atomic E-state index is -3.72. The Morgan fingerprint density at radius 1 is 1.14 bits per heavy atom. The number of rotatable bonds is 3. The fourth-order valence-electron chi connectivity index (χ4n) is 3.15. The van der Waals surface area contributed by atoms with E-state index in [0.29, 0.717) is 16.8 Å². The third kappa shape index (κ3) is 3.65. The summed E-state index contributed by atoms with van der Waals surface area (Å²) in [5.74, 6) is 0.374. The van der Waals surface area contributed by atoms with Gasteiger partial charge in [0.25, 0.3) is 5.91 Å². The number of piperazine rings is 1. The van der Waals surface area contributed by atoms with Crippen LogP contribution in [0.4, 0.5) is 0 Å². The van der Waals surface area contributed by atoms with Crippen molar-refractivity contribution in [2.75, 3.05) is 26.2 Å². The maximum absolute atomic E-state index is 13.1. The van der Waals surface area contributed by atoms with Crippen LogP contribution in [0.2, 0.25) is 0 Å². The van der Waals surface area contributed by atoms with Gasteiger partial charge in [-0.25, -0.2) is 8.42 Å². The van der Waals surface area contributed by atoms with Gasteiger partial charge in [0.1, 0.15) is 21.7 Å². The first kappa shape index (κ1) is 19.9. The van der Waals surface area contributed by atoms with Crippen molar-refractivity contribution in [1.29, 1.82) is 0 Å². The molecule has 9 nitrogen and oxygen atoms in total. The molecule has 1 aliphatic heterocycles. The number of carbonyl (C=O) groups is 1. The van der Waals surface area contributed by atoms with Gasteiger partial charge in [0.05, 0.1) is 11.7 Å². The van der Waals surface area contributed by atoms with E-state index in [2.05, 4.69) is 13.9 Å². The van der Waals surface area contributed by atoms with E-state index < -0.39 is 10.0 Å². The molecule has 0 aliphatic carbocycles. The van der Waals surface area contributed by atoms with Crippen molar-refractivity contribution in [2.45, 2.75) is 31.1 Å². The Morgan fingerprint density at radius 3 is 2.52 bits per heavy atom. The van der Waals surface area contributed by atoms with Crippen LogP contribution in [0.15, 0.2) is 33.7 Å². The normalized spacial score (nSPS) is 16.4. The Morgan fingerprint density at radius 2 is 1.86 bits per heavy atom. The molecule has 1 amide bonds. The summed E-state index contributed by atoms with van der Waals surface area (Å²) >= 11 is 0.984. The first-order chi connectivity index (χ1) is 13.7. The van der Waals surface area contributed by atoms with E-state index in [1.54, 1.807) is 29.2 Å². The summed E-state index contributed by atoms with van der Waals surface area (Å²) in [7, 11) is -3.72. The van der Waals surface area contributed by atoms with Gasteiger partial charge in [0.2, 0.25) is 10.0 Å². The van der Waals surface area contributed by atoms with E-state index in [0.717, 1.165) is 11.7 Å². The zero-order valence-corrected chi connectivity index (χ0v) is 18.0. The Bertz CT molecular complexity index is 1150. The van der Waals surface area contributed by atoms with Crippen molar-refractivity contribution in [3.63, 3.8) is 0 Å². The van der Waals surface area contributed by atoms with Crippen molar-refractivity contribution >= 4 is 38.7 Å². The largest absolute Gasteiger partial charge is 0.360 e. The van der Waals surface area contributed by atoms with E-state index in [-0.39, 0.29) is 48.1 Å². The summed E-state index contributed by atoms with van der Waals surface area (Å²) in [6.45, 7) is 6.89. The van der Waals surface area contributed by atoms with Crippen molar-refractivity contribution in [2.24, 2.45) is 0 Å². The molecular formula is C18H21N5O4S2. The maximum atomic E-state index is 13.1. The fraction of sp³-hybridized carbons (Fsp3) is 0.444. The smallest absolute Gasteiger partial charge is 0.276 e. The van der Waals surface area contributed by atoms with Crippen LogP contribution in [0.3, 0.4) is 0 Å². The molecule has 0 N–H and O–H groups in total. The fourth-order valence-corrected chi connectivity index (χ4v) is 5.33. The standard InChI is InChI=1S/C18H21N5O4S2/c1-18(2,3)15-11-13(19-27-15)17(24)22-7-9-23(10-8-22)29(25,26)14-6-4-5-12-16(14)21-28-20-12/h4-6,11H,7-10H2,1-3H3. The molecule has 3 heterocycles. The molecule has 0 unspecified atom stereocenters. The van der Waals surface area contributed by atoms with Crippen molar-refractivity contribution in [1.82, 2.24) is 23.1 Å². The maximum Gasteiger partial charge on any atom is 0.276 e. The molecule has 3 aromatic rings. The average Bonchev–Trinajstić information content (AvgIpc) is 3.36. The Kier molecular flexibility index (Phi) is 4.91. The Balaban J connectivity index is 1.48. The molecule has 0 bridgehead atoms. The highest BCUT2D eigenvalue weighted by Crippen LogP contribution is 2.26. The molecule has 0 radical (unpaired) electrons. The lowest BCUT2D eigenvalue weighted by atomic mass is 9.93. The molecule has 2 aromatic heterocycles. The quantitative estimate of drug-likeness (QED) is 0.620. The second-order valence-electron chi connectivity index (χ2n) is 7.91. The second-order valence-corrected chi connectivity index (χ2v) is 10.3. The lowest BCUT2D eigenvalue weighted by Gasteiger charge is -2.33. The van der Waals surface area contributed by atoms with Crippen LogP contribution in [0.5, 0.6) is 0 Å². The summed E-state index contributed by atoms with van der Waals surface area (Å²) in [6, 6.07) is 6.59. The molecule has 11 heteroatoms. The van der Waals surface area contributed by atoms with E-state index in [1.165, 1.54) is 4.31 Å². The van der Waals surface area contributed by atoms with Gasteiger partial charge in [-0.05, 0) is 12.1 Å². The van der Waals surface area contributed by atoms with Gasteiger partial charge < -0.3 is 9.42 Å². The molecule has 4 rings (SSSR count). The van der Waals surface area contributed by atoms with Crippen LogP contribution < -0.4 is 0 Å². The number of aromatic nitrogens is 3. The predicted octanol–water partition coefficient (Wildman–Crippen LogP) is 2.12. The monoisotopic (exact) mass is 435 g/mol. The van der Waals surface area contributed by atoms with E-state index >= 15 is 0 Å². The first-order valence-electron chi connectivity index (χ1n) is 9.16. The highest BCUT2D eigenvalue weighted by Gasteiger charge is 2.33. The van der Waals surface area contributed by atoms with Crippen LogP contribution in [0.1, 0.15) is 37.0 Å². The van der Waals surface area contributed by atoms with Gasteiger partial charge in [0, 0.05) is 37.7 Å². The van der Waals surface area contributed by atoms with Crippen LogP contribution in [-0.4, -0.2) is 63.6 Å². The summed E-state index contributed by atoms with van der Waals surface area (Å²) in [5, 5.41) is 3.89. The number of nitrogens with zero attached hydrogens (tertiary/aromatic N) is 5. The first-order valence-corrected chi connectivity index (χ1v) is 11.3. The molecule has 154 valence electrons. The van der Waals surface area contributed by atoms with E-state index in [1.807, 2.05) is 20.8 Å². The number of hydrogen-bond donors (Lipinski definition) is 0. The lowest BCUT2D eigenvalue weighted by molar-refractivity contribution is 0.0687. The van der Waals surface area contributed by atoms with E-state index in [4.69, 9.17) is 4.52 Å². The summed E-state index contributed by atoms with van der Waals surface area (Å²) < 4.78 is 41.1. The second kappa shape index (κ2) is 7.15. The van der Waals surface area contributed by atoms with Gasteiger partial charge in [-0.3, -0.25) is 4.79 Å². The van der Waals surface area contributed by atoms with Gasteiger partial charge in [-0.2, -0.15) is 13.1 Å². The molecule has 0 saturated carbocycles. The summed E-state index contributed by atoms with van der Waals surface area (Å²) in [4.78, 5) is 14.5. The SMILES string of the molecule is CC(C)(C)c1cc(C(=O)N2CCN(S(=O)(=O)c3cccc4nsnc34)CC2)no1. The highest BCUT2D eigenvalue weighted by atomic mass is 32.2. The highest BCUT2D eigenvalue weighted by molar-refractivity contribution is 7.89. The molecule has 1 aromatic carbocycles. The molecule has 1 fully saturated rings. The molecule has 1 aliphatic rings. The number of hydrogen-bond acceptors (Lipinski definition) is 8. The summed E-state index contributed by atoms with van der Waals surface area (Å²) in [5.41, 5.74) is 0.938. The molecular weight excluding hydrogens is 414 g/mol. The lowest BCUT2D eigenvalue weighted by Crippen LogP contribution is -2.50. The molecule has 29 heavy (non-hydrogen) atoms. The molecule has 1 saturated heterocycles. The topological polar surface area (TPSA) is 110 Å². The van der Waals surface area contributed by atoms with Crippen LogP contribution in [-0.2, 0) is 15.4 Å². The zero-order valence-electron chi connectivity index (χ0n) is 16.3. The van der Waals surface area contributed by atoms with E-state index in [9.17, 15) is 13.2 Å². The van der Waals surface area contributed by atoms with Gasteiger partial charge >= 0.3 is 0 Å². The third-order valence-electron chi connectivity index (χ3n) is 4.86. The average molecular weight is 436 g/mol. The predicted molar refractivity (Wildman–Crippen MR) is 107 cm³/mol. The van der Waals surface area contributed by atoms with Gasteiger partial charge in [0.15, 0.2) is 5.69 Å². The minimum Gasteiger partial charge on any atom is -0.360 e. The molecule has 0 atom stereocenters. The van der Waals surface area contributed by atoms with Crippen molar-refractivity contribution in [3.05, 3.63) is 35.7 Å². The van der Waals surface area contributed by atoms with Crippen LogP contribution >= 0.6 is 11.7 Å². The number of sulfonamides is 1. The van der Waals surface area contributed by atoms with Crippen LogP contribution in [0, 0.1) is 0 Å². The van der Waals surface area contributed by atoms with Crippen molar-refractivity contribution in [3.8, 4) is 0 Å².